The van der Waals surface area contributed by atoms with Crippen LogP contribution in [0.1, 0.15) is 21.6 Å². The molecule has 6 nitrogen and oxygen atoms in total. The highest BCUT2D eigenvalue weighted by molar-refractivity contribution is 7.92. The van der Waals surface area contributed by atoms with Crippen molar-refractivity contribution in [3.8, 4) is 0 Å². The molecule has 0 atom stereocenters. The number of aryl methyl sites for hydroxylation is 1. The lowest BCUT2D eigenvalue weighted by molar-refractivity contribution is -0.137. The number of alkyl halides is 3. The molecule has 35 heavy (non-hydrogen) atoms. The molecule has 0 fully saturated rings. The van der Waals surface area contributed by atoms with Gasteiger partial charge in [0.05, 0.1) is 10.5 Å². The van der Waals surface area contributed by atoms with Crippen LogP contribution in [0.2, 0.25) is 5.02 Å². The number of nitrogens with zero attached hydrogens (tertiary/aromatic N) is 1. The second kappa shape index (κ2) is 9.27. The molecule has 0 bridgehead atoms. The lowest BCUT2D eigenvalue weighted by atomic mass is 10.1. The number of nitrogens with one attached hydrogen (secondary N) is 2. The highest BCUT2D eigenvalue weighted by atomic mass is 35.5. The number of sulfonamides is 1. The van der Waals surface area contributed by atoms with Gasteiger partial charge in [0, 0.05) is 35.2 Å². The second-order valence-corrected chi connectivity index (χ2v) is 9.92. The molecule has 182 valence electrons. The molecule has 0 unspecified atom stereocenters. The molecular weight excluding hydrogens is 503 g/mol. The Kier molecular flexibility index (Phi) is 6.52. The zero-order chi connectivity index (χ0) is 25.4. The number of benzene rings is 3. The van der Waals surface area contributed by atoms with Gasteiger partial charge in [-0.2, -0.15) is 13.2 Å². The molecule has 0 saturated carbocycles. The monoisotopic (exact) mass is 521 g/mol. The summed E-state index contributed by atoms with van der Waals surface area (Å²) in [4.78, 5) is 12.8. The quantitative estimate of drug-likeness (QED) is 0.347. The van der Waals surface area contributed by atoms with Crippen molar-refractivity contribution in [3.63, 3.8) is 0 Å². The minimum Gasteiger partial charge on any atom is -0.347 e. The van der Waals surface area contributed by atoms with Crippen LogP contribution in [0.15, 0.2) is 77.7 Å². The van der Waals surface area contributed by atoms with E-state index in [1.165, 1.54) is 41.0 Å². The molecule has 0 aliphatic heterocycles. The standard InChI is InChI=1S/C24H19ClF3N3O3S/c1-31-21-10-5-17(24(26,27)28)12-16(21)13-22(31)23(32)29-14-15-3-2-4-19(11-15)30-35(33,34)20-8-6-18(25)7-9-20/h2-13,30H,14H2,1H3,(H,29,32). The van der Waals surface area contributed by atoms with Crippen molar-refractivity contribution < 1.29 is 26.4 Å². The van der Waals surface area contributed by atoms with Gasteiger partial charge in [-0.3, -0.25) is 9.52 Å². The summed E-state index contributed by atoms with van der Waals surface area (Å²) < 4.78 is 68.2. The summed E-state index contributed by atoms with van der Waals surface area (Å²) in [7, 11) is -2.24. The summed E-state index contributed by atoms with van der Waals surface area (Å²) in [5.74, 6) is -0.482. The lowest BCUT2D eigenvalue weighted by Crippen LogP contribution is -2.24. The Labute approximate surface area is 204 Å². The summed E-state index contributed by atoms with van der Waals surface area (Å²) in [6.07, 6.45) is -4.48. The molecule has 4 aromatic rings. The van der Waals surface area contributed by atoms with Crippen LogP contribution in [-0.4, -0.2) is 18.9 Å². The average Bonchev–Trinajstić information content (AvgIpc) is 3.13. The van der Waals surface area contributed by atoms with E-state index >= 15 is 0 Å². The van der Waals surface area contributed by atoms with Gasteiger partial charge < -0.3 is 9.88 Å². The fraction of sp³-hybridized carbons (Fsp3) is 0.125. The molecular formula is C24H19ClF3N3O3S. The van der Waals surface area contributed by atoms with Crippen LogP contribution < -0.4 is 10.0 Å². The molecule has 0 aliphatic carbocycles. The molecule has 1 aromatic heterocycles. The minimum absolute atomic E-state index is 0.0464. The van der Waals surface area contributed by atoms with Crippen molar-refractivity contribution in [3.05, 3.63) is 94.6 Å². The summed E-state index contributed by atoms with van der Waals surface area (Å²) in [6, 6.07) is 16.9. The van der Waals surface area contributed by atoms with Crippen LogP contribution in [0, 0.1) is 0 Å². The molecule has 0 aliphatic rings. The molecule has 0 spiro atoms. The third-order valence-corrected chi connectivity index (χ3v) is 7.01. The van der Waals surface area contributed by atoms with Gasteiger partial charge >= 0.3 is 6.18 Å². The molecule has 4 rings (SSSR count). The second-order valence-electron chi connectivity index (χ2n) is 7.80. The average molecular weight is 522 g/mol. The zero-order valence-electron chi connectivity index (χ0n) is 18.2. The van der Waals surface area contributed by atoms with Crippen LogP contribution >= 0.6 is 11.6 Å². The topological polar surface area (TPSA) is 80.2 Å². The van der Waals surface area contributed by atoms with Crippen LogP contribution in [0.5, 0.6) is 0 Å². The SMILES string of the molecule is Cn1c(C(=O)NCc2cccc(NS(=O)(=O)c3ccc(Cl)cc3)c2)cc2cc(C(F)(F)F)ccc21. The molecule has 1 amide bonds. The van der Waals surface area contributed by atoms with E-state index in [1.54, 1.807) is 31.3 Å². The van der Waals surface area contributed by atoms with E-state index < -0.39 is 27.7 Å². The highest BCUT2D eigenvalue weighted by Gasteiger charge is 2.31. The van der Waals surface area contributed by atoms with E-state index in [2.05, 4.69) is 10.0 Å². The van der Waals surface area contributed by atoms with Crippen LogP contribution in [0.25, 0.3) is 10.9 Å². The van der Waals surface area contributed by atoms with Gasteiger partial charge in [-0.1, -0.05) is 23.7 Å². The minimum atomic E-state index is -4.48. The molecule has 0 saturated heterocycles. The number of rotatable bonds is 6. The van der Waals surface area contributed by atoms with E-state index in [0.29, 0.717) is 27.2 Å². The highest BCUT2D eigenvalue weighted by Crippen LogP contribution is 2.32. The number of aromatic nitrogens is 1. The van der Waals surface area contributed by atoms with Crippen LogP contribution in [0.3, 0.4) is 0 Å². The molecule has 2 N–H and O–H groups in total. The number of amides is 1. The van der Waals surface area contributed by atoms with Gasteiger partial charge in [-0.05, 0) is 66.2 Å². The van der Waals surface area contributed by atoms with Crippen molar-refractivity contribution in [1.82, 2.24) is 9.88 Å². The van der Waals surface area contributed by atoms with Gasteiger partial charge in [0.2, 0.25) is 0 Å². The molecule has 0 radical (unpaired) electrons. The number of carbonyl (C=O) groups excluding carboxylic acids is 1. The third kappa shape index (κ3) is 5.44. The molecule has 1 heterocycles. The first-order valence-electron chi connectivity index (χ1n) is 10.3. The Balaban J connectivity index is 1.48. The largest absolute Gasteiger partial charge is 0.416 e. The normalized spacial score (nSPS) is 12.0. The maximum Gasteiger partial charge on any atom is 0.416 e. The zero-order valence-corrected chi connectivity index (χ0v) is 19.8. The predicted octanol–water partition coefficient (Wildman–Crippen LogP) is 5.58. The van der Waals surface area contributed by atoms with Gasteiger partial charge in [-0.15, -0.1) is 0 Å². The van der Waals surface area contributed by atoms with E-state index in [9.17, 15) is 26.4 Å². The van der Waals surface area contributed by atoms with Crippen LogP contribution in [0.4, 0.5) is 18.9 Å². The van der Waals surface area contributed by atoms with Crippen molar-refractivity contribution in [2.45, 2.75) is 17.6 Å². The summed E-state index contributed by atoms with van der Waals surface area (Å²) in [5, 5.41) is 3.42. The smallest absolute Gasteiger partial charge is 0.347 e. The Morgan fingerprint density at radius 2 is 1.71 bits per heavy atom. The van der Waals surface area contributed by atoms with E-state index in [-0.39, 0.29) is 17.1 Å². The Hall–Kier alpha value is -3.50. The fourth-order valence-electron chi connectivity index (χ4n) is 3.59. The maximum absolute atomic E-state index is 13.0. The number of halogens is 4. The first-order valence-corrected chi connectivity index (χ1v) is 12.1. The van der Waals surface area contributed by atoms with Crippen molar-refractivity contribution in [1.29, 1.82) is 0 Å². The van der Waals surface area contributed by atoms with Crippen LogP contribution in [-0.2, 0) is 29.8 Å². The number of hydrogen-bond donors (Lipinski definition) is 2. The third-order valence-electron chi connectivity index (χ3n) is 5.36. The van der Waals surface area contributed by atoms with E-state index in [0.717, 1.165) is 12.1 Å². The Morgan fingerprint density at radius 3 is 2.40 bits per heavy atom. The van der Waals surface area contributed by atoms with Gasteiger partial charge in [0.15, 0.2) is 0 Å². The van der Waals surface area contributed by atoms with Gasteiger partial charge in [0.25, 0.3) is 15.9 Å². The Morgan fingerprint density at radius 1 is 1.00 bits per heavy atom. The number of hydrogen-bond acceptors (Lipinski definition) is 3. The Bertz CT molecular complexity index is 1510. The van der Waals surface area contributed by atoms with E-state index in [4.69, 9.17) is 11.6 Å². The van der Waals surface area contributed by atoms with E-state index in [1.807, 2.05) is 0 Å². The van der Waals surface area contributed by atoms with Crippen molar-refractivity contribution in [2.24, 2.45) is 7.05 Å². The lowest BCUT2D eigenvalue weighted by Gasteiger charge is -2.11. The predicted molar refractivity (Wildman–Crippen MR) is 128 cm³/mol. The number of carbonyl (C=O) groups is 1. The van der Waals surface area contributed by atoms with Crippen molar-refractivity contribution >= 4 is 44.1 Å². The summed E-state index contributed by atoms with van der Waals surface area (Å²) in [6.45, 7) is 0.0741. The molecule has 3 aromatic carbocycles. The fourth-order valence-corrected chi connectivity index (χ4v) is 4.76. The van der Waals surface area contributed by atoms with Gasteiger partial charge in [0.1, 0.15) is 5.69 Å². The number of anilines is 1. The first kappa shape index (κ1) is 24.6. The summed E-state index contributed by atoms with van der Waals surface area (Å²) >= 11 is 5.81. The number of fused-ring (bicyclic) bond motifs is 1. The maximum atomic E-state index is 13.0. The van der Waals surface area contributed by atoms with Gasteiger partial charge in [-0.25, -0.2) is 8.42 Å². The molecule has 11 heteroatoms. The summed E-state index contributed by atoms with van der Waals surface area (Å²) in [5.41, 5.74) is 0.810. The van der Waals surface area contributed by atoms with Crippen molar-refractivity contribution in [2.75, 3.05) is 4.72 Å². The first-order chi connectivity index (χ1) is 16.4.